The van der Waals surface area contributed by atoms with Crippen LogP contribution in [0.15, 0.2) is 29.0 Å². The summed E-state index contributed by atoms with van der Waals surface area (Å²) in [6, 6.07) is 5.01. The lowest BCUT2D eigenvalue weighted by molar-refractivity contribution is -0.133. The second kappa shape index (κ2) is 9.10. The summed E-state index contributed by atoms with van der Waals surface area (Å²) in [5.74, 6) is -0.0853. The van der Waals surface area contributed by atoms with Gasteiger partial charge in [-0.2, -0.15) is 11.3 Å². The number of methoxy groups -OCH3 is 3. The largest absolute Gasteiger partial charge is 0.493 e. The Labute approximate surface area is 156 Å². The lowest BCUT2D eigenvalue weighted by Crippen LogP contribution is -2.30. The highest BCUT2D eigenvalue weighted by Crippen LogP contribution is 2.39. The number of carbonyl (C=O) groups is 2. The molecule has 0 atom stereocenters. The first-order valence-corrected chi connectivity index (χ1v) is 8.67. The van der Waals surface area contributed by atoms with E-state index in [1.165, 1.54) is 32.3 Å². The van der Waals surface area contributed by atoms with Crippen molar-refractivity contribution >= 4 is 23.2 Å². The normalized spacial score (nSPS) is 10.2. The van der Waals surface area contributed by atoms with Crippen LogP contribution in [0.2, 0.25) is 0 Å². The first-order valence-electron chi connectivity index (χ1n) is 7.73. The predicted octanol–water partition coefficient (Wildman–Crippen LogP) is 2.59. The molecule has 7 nitrogen and oxygen atoms in total. The number of rotatable bonds is 8. The summed E-state index contributed by atoms with van der Waals surface area (Å²) in [7, 11) is 5.99. The van der Waals surface area contributed by atoms with Crippen molar-refractivity contribution in [1.82, 2.24) is 4.90 Å². The van der Waals surface area contributed by atoms with Gasteiger partial charge < -0.3 is 23.8 Å². The number of likely N-dealkylation sites (N-methyl/N-ethyl adjacent to an activating group) is 1. The average molecular weight is 379 g/mol. The SMILES string of the molecule is COc1ccc(C(=O)OCC(=O)N(C)Cc2ccsc2)c(OC)c1OC. The number of esters is 1. The zero-order chi connectivity index (χ0) is 19.1. The number of thiophene rings is 1. The maximum Gasteiger partial charge on any atom is 0.342 e. The lowest BCUT2D eigenvalue weighted by Gasteiger charge is -2.17. The molecule has 0 N–H and O–H groups in total. The van der Waals surface area contributed by atoms with Crippen molar-refractivity contribution in [2.75, 3.05) is 35.0 Å². The van der Waals surface area contributed by atoms with Gasteiger partial charge in [0.25, 0.3) is 5.91 Å². The Bertz CT molecular complexity index is 759. The zero-order valence-corrected chi connectivity index (χ0v) is 15.9. The van der Waals surface area contributed by atoms with Gasteiger partial charge >= 0.3 is 5.97 Å². The van der Waals surface area contributed by atoms with Crippen molar-refractivity contribution in [2.24, 2.45) is 0 Å². The number of benzene rings is 1. The van der Waals surface area contributed by atoms with Crippen LogP contribution in [0.4, 0.5) is 0 Å². The van der Waals surface area contributed by atoms with E-state index >= 15 is 0 Å². The molecule has 0 aliphatic rings. The van der Waals surface area contributed by atoms with Gasteiger partial charge in [0.1, 0.15) is 5.56 Å². The van der Waals surface area contributed by atoms with Crippen molar-refractivity contribution in [3.8, 4) is 17.2 Å². The van der Waals surface area contributed by atoms with E-state index in [-0.39, 0.29) is 29.6 Å². The van der Waals surface area contributed by atoms with Crippen molar-refractivity contribution in [3.05, 3.63) is 40.1 Å². The van der Waals surface area contributed by atoms with E-state index in [0.717, 1.165) is 5.56 Å². The Morgan fingerprint density at radius 2 is 1.77 bits per heavy atom. The Morgan fingerprint density at radius 1 is 1.04 bits per heavy atom. The molecule has 0 saturated carbocycles. The summed E-state index contributed by atoms with van der Waals surface area (Å²) in [5, 5.41) is 3.90. The topological polar surface area (TPSA) is 74.3 Å². The lowest BCUT2D eigenvalue weighted by atomic mass is 10.1. The molecule has 26 heavy (non-hydrogen) atoms. The first kappa shape index (κ1) is 19.6. The van der Waals surface area contributed by atoms with Gasteiger partial charge in [-0.15, -0.1) is 0 Å². The standard InChI is InChI=1S/C18H21NO6S/c1-19(9-12-7-8-26-11-12)15(20)10-25-18(21)13-5-6-14(22-2)17(24-4)16(13)23-3/h5-8,11H,9-10H2,1-4H3. The van der Waals surface area contributed by atoms with Gasteiger partial charge in [-0.05, 0) is 34.5 Å². The molecule has 0 saturated heterocycles. The first-order chi connectivity index (χ1) is 12.5. The Morgan fingerprint density at radius 3 is 2.35 bits per heavy atom. The quantitative estimate of drug-likeness (QED) is 0.657. The number of hydrogen-bond acceptors (Lipinski definition) is 7. The van der Waals surface area contributed by atoms with Gasteiger partial charge in [-0.25, -0.2) is 4.79 Å². The van der Waals surface area contributed by atoms with Gasteiger partial charge in [-0.1, -0.05) is 0 Å². The minimum absolute atomic E-state index is 0.151. The van der Waals surface area contributed by atoms with Gasteiger partial charge in [0.2, 0.25) is 5.75 Å². The number of amides is 1. The van der Waals surface area contributed by atoms with Crippen LogP contribution in [0.5, 0.6) is 17.2 Å². The van der Waals surface area contributed by atoms with Crippen molar-refractivity contribution in [1.29, 1.82) is 0 Å². The monoisotopic (exact) mass is 379 g/mol. The molecule has 0 aliphatic carbocycles. The predicted molar refractivity (Wildman–Crippen MR) is 97.2 cm³/mol. The summed E-state index contributed by atoms with van der Waals surface area (Å²) in [6.07, 6.45) is 0. The fraction of sp³-hybridized carbons (Fsp3) is 0.333. The van der Waals surface area contributed by atoms with Crippen LogP contribution < -0.4 is 14.2 Å². The second-order valence-electron chi connectivity index (χ2n) is 5.34. The molecule has 2 aromatic rings. The summed E-state index contributed by atoms with van der Waals surface area (Å²) in [4.78, 5) is 26.0. The number of nitrogens with zero attached hydrogens (tertiary/aromatic N) is 1. The zero-order valence-electron chi connectivity index (χ0n) is 15.1. The van der Waals surface area contributed by atoms with Gasteiger partial charge in [0, 0.05) is 13.6 Å². The molecule has 0 fully saturated rings. The van der Waals surface area contributed by atoms with Gasteiger partial charge in [0.15, 0.2) is 18.1 Å². The molecule has 0 radical (unpaired) electrons. The molecular formula is C18H21NO6S. The molecule has 0 spiro atoms. The van der Waals surface area contributed by atoms with Crippen molar-refractivity contribution in [2.45, 2.75) is 6.54 Å². The van der Waals surface area contributed by atoms with Crippen LogP contribution in [0.25, 0.3) is 0 Å². The van der Waals surface area contributed by atoms with Crippen LogP contribution >= 0.6 is 11.3 Å². The molecule has 140 valence electrons. The second-order valence-corrected chi connectivity index (χ2v) is 6.12. The highest BCUT2D eigenvalue weighted by molar-refractivity contribution is 7.07. The van der Waals surface area contributed by atoms with Crippen LogP contribution in [0, 0.1) is 0 Å². The number of carbonyl (C=O) groups excluding carboxylic acids is 2. The summed E-state index contributed by atoms with van der Waals surface area (Å²) in [5.41, 5.74) is 1.18. The van der Waals surface area contributed by atoms with E-state index in [2.05, 4.69) is 0 Å². The average Bonchev–Trinajstić information content (AvgIpc) is 3.17. The highest BCUT2D eigenvalue weighted by Gasteiger charge is 2.22. The highest BCUT2D eigenvalue weighted by atomic mass is 32.1. The Kier molecular flexibility index (Phi) is 6.85. The molecule has 1 aromatic heterocycles. The van der Waals surface area contributed by atoms with Crippen LogP contribution in [0.1, 0.15) is 15.9 Å². The fourth-order valence-electron chi connectivity index (χ4n) is 2.32. The van der Waals surface area contributed by atoms with E-state index in [0.29, 0.717) is 12.3 Å². The molecule has 2 rings (SSSR count). The van der Waals surface area contributed by atoms with E-state index in [9.17, 15) is 9.59 Å². The van der Waals surface area contributed by atoms with Crippen LogP contribution in [-0.4, -0.2) is 51.8 Å². The molecular weight excluding hydrogens is 358 g/mol. The van der Waals surface area contributed by atoms with Gasteiger partial charge in [0.05, 0.1) is 21.3 Å². The molecule has 1 amide bonds. The van der Waals surface area contributed by atoms with Crippen LogP contribution in [0.3, 0.4) is 0 Å². The summed E-state index contributed by atoms with van der Waals surface area (Å²) >= 11 is 1.56. The third-order valence-corrected chi connectivity index (χ3v) is 4.41. The minimum Gasteiger partial charge on any atom is -0.493 e. The molecule has 0 unspecified atom stereocenters. The smallest absolute Gasteiger partial charge is 0.342 e. The molecule has 1 aromatic carbocycles. The molecule has 0 bridgehead atoms. The summed E-state index contributed by atoms with van der Waals surface area (Å²) < 4.78 is 20.8. The fourth-order valence-corrected chi connectivity index (χ4v) is 2.98. The minimum atomic E-state index is -0.680. The van der Waals surface area contributed by atoms with E-state index < -0.39 is 5.97 Å². The van der Waals surface area contributed by atoms with Crippen LogP contribution in [-0.2, 0) is 16.1 Å². The third kappa shape index (κ3) is 4.45. The van der Waals surface area contributed by atoms with E-state index in [1.807, 2.05) is 16.8 Å². The Balaban J connectivity index is 2.04. The molecule has 1 heterocycles. The van der Waals surface area contributed by atoms with Gasteiger partial charge in [-0.3, -0.25) is 4.79 Å². The number of ether oxygens (including phenoxy) is 4. The summed E-state index contributed by atoms with van der Waals surface area (Å²) in [6.45, 7) is 0.0938. The maximum atomic E-state index is 12.4. The Hall–Kier alpha value is -2.74. The van der Waals surface area contributed by atoms with E-state index in [1.54, 1.807) is 24.5 Å². The maximum absolute atomic E-state index is 12.4. The van der Waals surface area contributed by atoms with E-state index in [4.69, 9.17) is 18.9 Å². The third-order valence-electron chi connectivity index (χ3n) is 3.68. The van der Waals surface area contributed by atoms with Crippen molar-refractivity contribution < 1.29 is 28.5 Å². The molecule has 0 aliphatic heterocycles. The van der Waals surface area contributed by atoms with Crippen molar-refractivity contribution in [3.63, 3.8) is 0 Å². The molecule has 8 heteroatoms. The number of hydrogen-bond donors (Lipinski definition) is 0.